The molecule has 0 aliphatic rings. The van der Waals surface area contributed by atoms with Gasteiger partial charge in [-0.2, -0.15) is 0 Å². The smallest absolute Gasteiger partial charge is 0.339 e. The summed E-state index contributed by atoms with van der Waals surface area (Å²) >= 11 is 0. The summed E-state index contributed by atoms with van der Waals surface area (Å²) in [5.41, 5.74) is 8.41. The summed E-state index contributed by atoms with van der Waals surface area (Å²) in [6.45, 7) is 0.0546. The zero-order valence-corrected chi connectivity index (χ0v) is 10.8. The topological polar surface area (TPSA) is 136 Å². The third-order valence-electron chi connectivity index (χ3n) is 2.75. The maximum absolute atomic E-state index is 10.9. The molecule has 0 heterocycles. The lowest BCUT2D eigenvalue weighted by atomic mass is 10.00. The van der Waals surface area contributed by atoms with Crippen LogP contribution in [0.25, 0.3) is 10.4 Å². The van der Waals surface area contributed by atoms with Crippen LogP contribution in [-0.2, 0) is 0 Å². The van der Waals surface area contributed by atoms with E-state index in [2.05, 4.69) is 10.0 Å². The van der Waals surface area contributed by atoms with Crippen LogP contribution in [0.2, 0.25) is 0 Å². The fourth-order valence-electron chi connectivity index (χ4n) is 1.68. The Labute approximate surface area is 114 Å². The number of benzene rings is 1. The minimum absolute atomic E-state index is 0.0352. The zero-order chi connectivity index (χ0) is 15.1. The van der Waals surface area contributed by atoms with Crippen molar-refractivity contribution < 1.29 is 24.9 Å². The summed E-state index contributed by atoms with van der Waals surface area (Å²) in [6, 6.07) is 4.04. The highest BCUT2D eigenvalue weighted by molar-refractivity contribution is 5.91. The fourth-order valence-corrected chi connectivity index (χ4v) is 1.68. The van der Waals surface area contributed by atoms with Crippen molar-refractivity contribution in [3.8, 4) is 5.75 Å². The van der Waals surface area contributed by atoms with Gasteiger partial charge in [-0.25, -0.2) is 4.79 Å². The molecule has 8 heteroatoms. The van der Waals surface area contributed by atoms with Crippen molar-refractivity contribution in [2.75, 3.05) is 13.7 Å². The molecule has 3 N–H and O–H groups in total. The number of carboxylic acids is 1. The molecule has 0 amide bonds. The quantitative estimate of drug-likeness (QED) is 0.395. The zero-order valence-electron chi connectivity index (χ0n) is 10.8. The number of nitrogens with zero attached hydrogens (tertiary/aromatic N) is 3. The van der Waals surface area contributed by atoms with Crippen LogP contribution >= 0.6 is 0 Å². The molecule has 2 atom stereocenters. The summed E-state index contributed by atoms with van der Waals surface area (Å²) in [6.07, 6.45) is -2.25. The molecule has 108 valence electrons. The van der Waals surface area contributed by atoms with E-state index in [-0.39, 0.29) is 24.3 Å². The highest BCUT2D eigenvalue weighted by Gasteiger charge is 2.20. The van der Waals surface area contributed by atoms with Crippen molar-refractivity contribution >= 4 is 5.97 Å². The van der Waals surface area contributed by atoms with Crippen LogP contribution in [0.1, 0.15) is 28.4 Å². The second kappa shape index (κ2) is 7.34. The fraction of sp³-hybridized carbons (Fsp3) is 0.417. The Balaban J connectivity index is 2.90. The first-order chi connectivity index (χ1) is 9.51. The third kappa shape index (κ3) is 3.86. The van der Waals surface area contributed by atoms with Crippen LogP contribution in [0.3, 0.4) is 0 Å². The number of ether oxygens (including phenoxy) is 1. The van der Waals surface area contributed by atoms with Crippen molar-refractivity contribution in [2.24, 2.45) is 5.11 Å². The van der Waals surface area contributed by atoms with E-state index >= 15 is 0 Å². The molecule has 0 aliphatic heterocycles. The maximum Gasteiger partial charge on any atom is 0.339 e. The van der Waals surface area contributed by atoms with E-state index in [9.17, 15) is 15.0 Å². The molecular weight excluding hydrogens is 266 g/mol. The molecule has 0 bridgehead atoms. The SMILES string of the molecule is COc1cc(C(O)C(O)CCN=[N+]=[N-])ccc1C(=O)O. The highest BCUT2D eigenvalue weighted by Crippen LogP contribution is 2.26. The van der Waals surface area contributed by atoms with Crippen molar-refractivity contribution in [3.63, 3.8) is 0 Å². The molecule has 0 aromatic heterocycles. The van der Waals surface area contributed by atoms with Crippen LogP contribution in [0.15, 0.2) is 23.3 Å². The Hall–Kier alpha value is -2.28. The van der Waals surface area contributed by atoms with E-state index in [1.807, 2.05) is 0 Å². The van der Waals surface area contributed by atoms with Crippen molar-refractivity contribution in [2.45, 2.75) is 18.6 Å². The first-order valence-electron chi connectivity index (χ1n) is 5.79. The van der Waals surface area contributed by atoms with Gasteiger partial charge in [0.1, 0.15) is 17.4 Å². The molecule has 20 heavy (non-hydrogen) atoms. The Morgan fingerprint density at radius 2 is 2.20 bits per heavy atom. The average molecular weight is 281 g/mol. The summed E-state index contributed by atoms with van der Waals surface area (Å²) in [5, 5.41) is 31.9. The van der Waals surface area contributed by atoms with Crippen molar-refractivity contribution in [1.29, 1.82) is 0 Å². The Bertz CT molecular complexity index is 528. The second-order valence-corrected chi connectivity index (χ2v) is 4.02. The van der Waals surface area contributed by atoms with Gasteiger partial charge in [0, 0.05) is 11.5 Å². The third-order valence-corrected chi connectivity index (χ3v) is 2.75. The second-order valence-electron chi connectivity index (χ2n) is 4.02. The molecule has 2 unspecified atom stereocenters. The van der Waals surface area contributed by atoms with E-state index < -0.39 is 18.2 Å². The highest BCUT2D eigenvalue weighted by atomic mass is 16.5. The molecule has 0 aliphatic carbocycles. The van der Waals surface area contributed by atoms with Crippen LogP contribution in [0.5, 0.6) is 5.75 Å². The normalized spacial score (nSPS) is 13.2. The predicted octanol–water partition coefficient (Wildman–Crippen LogP) is 1.49. The van der Waals surface area contributed by atoms with Gasteiger partial charge in [0.25, 0.3) is 0 Å². The lowest BCUT2D eigenvalue weighted by molar-refractivity contribution is 0.0149. The van der Waals surface area contributed by atoms with Gasteiger partial charge < -0.3 is 20.1 Å². The molecular formula is C12H15N3O5. The standard InChI is InChI=1S/C12H15N3O5/c1-20-10-6-7(2-3-8(10)12(18)19)11(17)9(16)4-5-14-15-13/h2-3,6,9,11,16-17H,4-5H2,1H3,(H,18,19). The number of aliphatic hydroxyl groups is 2. The Morgan fingerprint density at radius 1 is 1.50 bits per heavy atom. The lowest BCUT2D eigenvalue weighted by Gasteiger charge is -2.18. The van der Waals surface area contributed by atoms with Gasteiger partial charge in [-0.15, -0.1) is 0 Å². The molecule has 1 aromatic carbocycles. The number of carboxylic acid groups (broad SMARTS) is 1. The van der Waals surface area contributed by atoms with E-state index in [1.165, 1.54) is 25.3 Å². The monoisotopic (exact) mass is 281 g/mol. The summed E-state index contributed by atoms with van der Waals surface area (Å²) in [5.74, 6) is -1.05. The molecule has 0 saturated heterocycles. The van der Waals surface area contributed by atoms with Crippen LogP contribution < -0.4 is 4.74 Å². The lowest BCUT2D eigenvalue weighted by Crippen LogP contribution is -2.19. The van der Waals surface area contributed by atoms with Gasteiger partial charge in [0.05, 0.1) is 13.2 Å². The number of methoxy groups -OCH3 is 1. The molecule has 1 aromatic rings. The first-order valence-corrected chi connectivity index (χ1v) is 5.79. The van der Waals surface area contributed by atoms with E-state index in [0.717, 1.165) is 0 Å². The number of hydrogen-bond acceptors (Lipinski definition) is 5. The molecule has 0 saturated carbocycles. The number of azide groups is 1. The van der Waals surface area contributed by atoms with Crippen LogP contribution in [0, 0.1) is 0 Å². The molecule has 0 radical (unpaired) electrons. The number of aromatic carboxylic acids is 1. The van der Waals surface area contributed by atoms with Crippen LogP contribution in [-0.4, -0.2) is 41.0 Å². The van der Waals surface area contributed by atoms with Gasteiger partial charge in [0.15, 0.2) is 0 Å². The van der Waals surface area contributed by atoms with Crippen molar-refractivity contribution in [1.82, 2.24) is 0 Å². The predicted molar refractivity (Wildman–Crippen MR) is 69.5 cm³/mol. The van der Waals surface area contributed by atoms with Crippen LogP contribution in [0.4, 0.5) is 0 Å². The van der Waals surface area contributed by atoms with E-state index in [4.69, 9.17) is 15.4 Å². The van der Waals surface area contributed by atoms with E-state index in [0.29, 0.717) is 5.56 Å². The minimum Gasteiger partial charge on any atom is -0.496 e. The van der Waals surface area contributed by atoms with E-state index in [1.54, 1.807) is 0 Å². The van der Waals surface area contributed by atoms with Gasteiger partial charge in [-0.3, -0.25) is 0 Å². The molecule has 0 spiro atoms. The Morgan fingerprint density at radius 3 is 2.75 bits per heavy atom. The largest absolute Gasteiger partial charge is 0.496 e. The van der Waals surface area contributed by atoms with Gasteiger partial charge in [-0.05, 0) is 29.6 Å². The average Bonchev–Trinajstić information content (AvgIpc) is 2.45. The van der Waals surface area contributed by atoms with Crippen molar-refractivity contribution in [3.05, 3.63) is 39.8 Å². The van der Waals surface area contributed by atoms with Gasteiger partial charge >= 0.3 is 5.97 Å². The number of rotatable bonds is 7. The maximum atomic E-state index is 10.9. The summed E-state index contributed by atoms with van der Waals surface area (Å²) in [4.78, 5) is 13.5. The molecule has 0 fully saturated rings. The summed E-state index contributed by atoms with van der Waals surface area (Å²) < 4.78 is 4.94. The number of aliphatic hydroxyl groups excluding tert-OH is 2. The number of hydrogen-bond donors (Lipinski definition) is 3. The molecule has 1 rings (SSSR count). The number of carbonyl (C=O) groups is 1. The molecule has 8 nitrogen and oxygen atoms in total. The first kappa shape index (κ1) is 15.8. The van der Waals surface area contributed by atoms with Gasteiger partial charge in [-0.1, -0.05) is 11.2 Å². The minimum atomic E-state index is -1.22. The van der Waals surface area contributed by atoms with Gasteiger partial charge in [0.2, 0.25) is 0 Å². The summed E-state index contributed by atoms with van der Waals surface area (Å²) in [7, 11) is 1.32. The Kier molecular flexibility index (Phi) is 5.79.